The van der Waals surface area contributed by atoms with Crippen LogP contribution in [-0.2, 0) is 6.54 Å². The maximum Gasteiger partial charge on any atom is 0.343 e. The normalized spacial score (nSPS) is 12.8. The molecule has 5 nitrogen and oxygen atoms in total. The van der Waals surface area contributed by atoms with E-state index in [1.54, 1.807) is 16.3 Å². The fraction of sp³-hybridized carbons (Fsp3) is 0.833. The zero-order valence-electron chi connectivity index (χ0n) is 11.5. The Morgan fingerprint density at radius 2 is 2.17 bits per heavy atom. The number of thioether (sulfide) groups is 1. The van der Waals surface area contributed by atoms with E-state index in [-0.39, 0.29) is 5.69 Å². The Kier molecular flexibility index (Phi) is 7.12. The number of hydrogen-bond donors (Lipinski definition) is 2. The van der Waals surface area contributed by atoms with Crippen LogP contribution in [-0.4, -0.2) is 33.1 Å². The quantitative estimate of drug-likeness (QED) is 0.674. The summed E-state index contributed by atoms with van der Waals surface area (Å²) >= 11 is 1.65. The maximum absolute atomic E-state index is 11.4. The highest BCUT2D eigenvalue weighted by atomic mass is 32.2. The summed E-state index contributed by atoms with van der Waals surface area (Å²) in [6, 6.07) is 0.497. The van der Waals surface area contributed by atoms with E-state index < -0.39 is 0 Å². The van der Waals surface area contributed by atoms with E-state index in [9.17, 15) is 4.79 Å². The van der Waals surface area contributed by atoms with Gasteiger partial charge in [0, 0.05) is 18.3 Å². The molecule has 1 aromatic rings. The van der Waals surface area contributed by atoms with Crippen molar-refractivity contribution in [3.05, 3.63) is 10.5 Å². The molecule has 18 heavy (non-hydrogen) atoms. The molecule has 104 valence electrons. The van der Waals surface area contributed by atoms with Gasteiger partial charge in [-0.1, -0.05) is 32.0 Å². The number of aromatic amines is 1. The van der Waals surface area contributed by atoms with Gasteiger partial charge in [0.05, 0.1) is 0 Å². The average Bonchev–Trinajstić information content (AvgIpc) is 2.73. The first kappa shape index (κ1) is 15.3. The third-order valence-corrected chi connectivity index (χ3v) is 3.91. The van der Waals surface area contributed by atoms with E-state index in [2.05, 4.69) is 29.4 Å². The van der Waals surface area contributed by atoms with Crippen molar-refractivity contribution < 1.29 is 0 Å². The Morgan fingerprint density at radius 3 is 2.78 bits per heavy atom. The third-order valence-electron chi connectivity index (χ3n) is 2.77. The summed E-state index contributed by atoms with van der Waals surface area (Å²) in [4.78, 5) is 11.4. The van der Waals surface area contributed by atoms with Crippen LogP contribution in [0.25, 0.3) is 0 Å². The molecule has 1 unspecified atom stereocenters. The molecule has 0 radical (unpaired) electrons. The van der Waals surface area contributed by atoms with Crippen molar-refractivity contribution in [2.24, 2.45) is 0 Å². The number of hydrogen-bond acceptors (Lipinski definition) is 4. The topological polar surface area (TPSA) is 62.7 Å². The lowest BCUT2D eigenvalue weighted by molar-refractivity contribution is 0.513. The van der Waals surface area contributed by atoms with Crippen molar-refractivity contribution in [1.82, 2.24) is 20.1 Å². The average molecular weight is 272 g/mol. The SMILES string of the molecule is CCCNC(CCC)CSc1n[nH]c(=O)n1CC. The van der Waals surface area contributed by atoms with Gasteiger partial charge in [0.15, 0.2) is 5.16 Å². The molecule has 0 amide bonds. The van der Waals surface area contributed by atoms with Crippen LogP contribution >= 0.6 is 11.8 Å². The lowest BCUT2D eigenvalue weighted by atomic mass is 10.2. The Labute approximate surface area is 113 Å². The van der Waals surface area contributed by atoms with Crippen molar-refractivity contribution in [1.29, 1.82) is 0 Å². The maximum atomic E-state index is 11.4. The van der Waals surface area contributed by atoms with E-state index in [1.165, 1.54) is 6.42 Å². The van der Waals surface area contributed by atoms with Crippen LogP contribution in [0.5, 0.6) is 0 Å². The first-order chi connectivity index (χ1) is 8.72. The predicted molar refractivity (Wildman–Crippen MR) is 76.2 cm³/mol. The van der Waals surface area contributed by atoms with E-state index >= 15 is 0 Å². The van der Waals surface area contributed by atoms with E-state index in [4.69, 9.17) is 0 Å². The first-order valence-corrected chi connectivity index (χ1v) is 7.72. The highest BCUT2D eigenvalue weighted by Gasteiger charge is 2.11. The molecule has 0 aliphatic rings. The third kappa shape index (κ3) is 4.49. The molecule has 0 saturated heterocycles. The molecule has 0 bridgehead atoms. The lowest BCUT2D eigenvalue weighted by Gasteiger charge is -2.16. The minimum atomic E-state index is -0.117. The Balaban J connectivity index is 2.52. The van der Waals surface area contributed by atoms with Gasteiger partial charge in [-0.2, -0.15) is 0 Å². The molecule has 2 N–H and O–H groups in total. The van der Waals surface area contributed by atoms with Gasteiger partial charge in [0.25, 0.3) is 0 Å². The molecule has 1 heterocycles. The van der Waals surface area contributed by atoms with Crippen molar-refractivity contribution in [3.63, 3.8) is 0 Å². The van der Waals surface area contributed by atoms with Crippen LogP contribution in [0.4, 0.5) is 0 Å². The predicted octanol–water partition coefficient (Wildman–Crippen LogP) is 1.85. The summed E-state index contributed by atoms with van der Waals surface area (Å²) in [7, 11) is 0. The van der Waals surface area contributed by atoms with Gasteiger partial charge in [-0.15, -0.1) is 5.10 Å². The fourth-order valence-corrected chi connectivity index (χ4v) is 2.92. The van der Waals surface area contributed by atoms with Crippen LogP contribution < -0.4 is 11.0 Å². The molecule has 0 saturated carbocycles. The second-order valence-electron chi connectivity index (χ2n) is 4.31. The van der Waals surface area contributed by atoms with Gasteiger partial charge < -0.3 is 5.32 Å². The molecule has 0 aromatic carbocycles. The number of nitrogens with one attached hydrogen (secondary N) is 2. The summed E-state index contributed by atoms with van der Waals surface area (Å²) in [5.74, 6) is 0.956. The Hall–Kier alpha value is -0.750. The van der Waals surface area contributed by atoms with Crippen molar-refractivity contribution in [3.8, 4) is 0 Å². The lowest BCUT2D eigenvalue weighted by Crippen LogP contribution is -2.32. The van der Waals surface area contributed by atoms with Gasteiger partial charge in [-0.25, -0.2) is 9.89 Å². The van der Waals surface area contributed by atoms with Crippen LogP contribution in [0.3, 0.4) is 0 Å². The van der Waals surface area contributed by atoms with E-state index in [1.807, 2.05) is 6.92 Å². The molecule has 0 fully saturated rings. The van der Waals surface area contributed by atoms with Gasteiger partial charge in [-0.05, 0) is 26.3 Å². The molecule has 0 aliphatic carbocycles. The molecule has 1 aromatic heterocycles. The largest absolute Gasteiger partial charge is 0.343 e. The standard InChI is InChI=1S/C12H24N4OS/c1-4-7-10(13-8-5-2)9-18-12-15-14-11(17)16(12)6-3/h10,13H,4-9H2,1-3H3,(H,14,17). The summed E-state index contributed by atoms with van der Waals surface area (Å²) in [5, 5.41) is 10.9. The van der Waals surface area contributed by atoms with Crippen LogP contribution in [0.2, 0.25) is 0 Å². The second-order valence-corrected chi connectivity index (χ2v) is 5.29. The Bertz CT molecular complexity index is 388. The molecule has 1 rings (SSSR count). The van der Waals surface area contributed by atoms with Crippen LogP contribution in [0.1, 0.15) is 40.0 Å². The molecule has 0 aliphatic heterocycles. The highest BCUT2D eigenvalue weighted by Crippen LogP contribution is 2.16. The minimum absolute atomic E-state index is 0.117. The van der Waals surface area contributed by atoms with Gasteiger partial charge in [0.2, 0.25) is 0 Å². The van der Waals surface area contributed by atoms with Crippen molar-refractivity contribution in [2.75, 3.05) is 12.3 Å². The number of H-pyrrole nitrogens is 1. The minimum Gasteiger partial charge on any atom is -0.313 e. The first-order valence-electron chi connectivity index (χ1n) is 6.74. The second kappa shape index (κ2) is 8.37. The summed E-state index contributed by atoms with van der Waals surface area (Å²) < 4.78 is 1.67. The zero-order chi connectivity index (χ0) is 13.4. The molecule has 0 spiro atoms. The van der Waals surface area contributed by atoms with Crippen molar-refractivity contribution in [2.45, 2.75) is 57.8 Å². The smallest absolute Gasteiger partial charge is 0.313 e. The van der Waals surface area contributed by atoms with Crippen molar-refractivity contribution >= 4 is 11.8 Å². The van der Waals surface area contributed by atoms with Gasteiger partial charge in [-0.3, -0.25) is 4.57 Å². The van der Waals surface area contributed by atoms with Crippen LogP contribution in [0, 0.1) is 0 Å². The molecular formula is C12H24N4OS. The highest BCUT2D eigenvalue weighted by molar-refractivity contribution is 7.99. The summed E-state index contributed by atoms with van der Waals surface area (Å²) in [6.45, 7) is 8.04. The number of rotatable bonds is 9. The van der Waals surface area contributed by atoms with Gasteiger partial charge in [0.1, 0.15) is 0 Å². The summed E-state index contributed by atoms with van der Waals surface area (Å²) in [5.41, 5.74) is -0.117. The van der Waals surface area contributed by atoms with Gasteiger partial charge >= 0.3 is 5.69 Å². The fourth-order valence-electron chi connectivity index (χ4n) is 1.81. The Morgan fingerprint density at radius 1 is 1.39 bits per heavy atom. The van der Waals surface area contributed by atoms with Crippen LogP contribution in [0.15, 0.2) is 9.95 Å². The number of nitrogens with zero attached hydrogens (tertiary/aromatic N) is 2. The number of aromatic nitrogens is 3. The monoisotopic (exact) mass is 272 g/mol. The zero-order valence-corrected chi connectivity index (χ0v) is 12.3. The van der Waals surface area contributed by atoms with E-state index in [0.717, 1.165) is 30.3 Å². The summed E-state index contributed by atoms with van der Waals surface area (Å²) in [6.07, 6.45) is 3.48. The molecule has 6 heteroatoms. The molecular weight excluding hydrogens is 248 g/mol. The molecule has 1 atom stereocenters. The van der Waals surface area contributed by atoms with E-state index in [0.29, 0.717) is 12.6 Å².